The van der Waals surface area contributed by atoms with Crippen LogP contribution in [-0.4, -0.2) is 16.1 Å². The molecule has 3 heteroatoms. The molecular formula is C15H16N2O. The molecule has 2 unspecified atom stereocenters. The van der Waals surface area contributed by atoms with Crippen molar-refractivity contribution in [3.05, 3.63) is 47.7 Å². The first-order valence-electron chi connectivity index (χ1n) is 6.16. The Morgan fingerprint density at radius 3 is 2.72 bits per heavy atom. The van der Waals surface area contributed by atoms with Crippen LogP contribution in [0.1, 0.15) is 23.5 Å². The largest absolute Gasteiger partial charge is 0.508 e. The van der Waals surface area contributed by atoms with Gasteiger partial charge in [0.1, 0.15) is 5.75 Å². The summed E-state index contributed by atoms with van der Waals surface area (Å²) in [4.78, 5) is 4.52. The van der Waals surface area contributed by atoms with Crippen LogP contribution < -0.4 is 5.73 Å². The second-order valence-corrected chi connectivity index (χ2v) is 4.99. The van der Waals surface area contributed by atoms with E-state index in [1.807, 2.05) is 25.3 Å². The SMILES string of the molecule is Cc1cc(C2CC2N)cnc1-c1cccc(O)c1. The number of nitrogens with two attached hydrogens (primary N) is 1. The standard InChI is InChI=1S/C15H16N2O/c1-9-5-11(13-7-14(13)16)8-17-15(9)10-3-2-4-12(18)6-10/h2-6,8,13-14,18H,7,16H2,1H3. The molecule has 0 radical (unpaired) electrons. The molecule has 0 amide bonds. The molecule has 3 N–H and O–H groups in total. The first-order valence-corrected chi connectivity index (χ1v) is 6.16. The Labute approximate surface area is 106 Å². The fourth-order valence-corrected chi connectivity index (χ4v) is 2.35. The van der Waals surface area contributed by atoms with Crippen molar-refractivity contribution >= 4 is 0 Å². The van der Waals surface area contributed by atoms with Gasteiger partial charge in [0.2, 0.25) is 0 Å². The fraction of sp³-hybridized carbons (Fsp3) is 0.267. The lowest BCUT2D eigenvalue weighted by Crippen LogP contribution is -2.01. The third-order valence-electron chi connectivity index (χ3n) is 3.49. The summed E-state index contributed by atoms with van der Waals surface area (Å²) in [7, 11) is 0. The van der Waals surface area contributed by atoms with E-state index in [1.54, 1.807) is 12.1 Å². The molecular weight excluding hydrogens is 224 g/mol. The predicted molar refractivity (Wildman–Crippen MR) is 71.4 cm³/mol. The van der Waals surface area contributed by atoms with E-state index in [2.05, 4.69) is 11.1 Å². The Hall–Kier alpha value is -1.87. The molecule has 0 saturated heterocycles. The number of pyridine rings is 1. The van der Waals surface area contributed by atoms with Crippen molar-refractivity contribution in [3.8, 4) is 17.0 Å². The summed E-state index contributed by atoms with van der Waals surface area (Å²) in [5.41, 5.74) is 10.1. The van der Waals surface area contributed by atoms with Gasteiger partial charge in [-0.2, -0.15) is 0 Å². The number of phenolic OH excluding ortho intramolecular Hbond substituents is 1. The highest BCUT2D eigenvalue weighted by molar-refractivity contribution is 5.64. The zero-order chi connectivity index (χ0) is 12.7. The maximum Gasteiger partial charge on any atom is 0.116 e. The molecule has 18 heavy (non-hydrogen) atoms. The number of aryl methyl sites for hydroxylation is 1. The van der Waals surface area contributed by atoms with E-state index in [9.17, 15) is 5.11 Å². The van der Waals surface area contributed by atoms with Gasteiger partial charge in [0.15, 0.2) is 0 Å². The fourth-order valence-electron chi connectivity index (χ4n) is 2.35. The van der Waals surface area contributed by atoms with E-state index >= 15 is 0 Å². The Morgan fingerprint density at radius 2 is 2.11 bits per heavy atom. The molecule has 1 aliphatic carbocycles. The molecule has 0 spiro atoms. The van der Waals surface area contributed by atoms with Crippen LogP contribution in [0.5, 0.6) is 5.75 Å². The average molecular weight is 240 g/mol. The van der Waals surface area contributed by atoms with Crippen LogP contribution in [-0.2, 0) is 0 Å². The first kappa shape index (κ1) is 11.2. The third-order valence-corrected chi connectivity index (χ3v) is 3.49. The van der Waals surface area contributed by atoms with Crippen molar-refractivity contribution in [2.24, 2.45) is 5.73 Å². The van der Waals surface area contributed by atoms with Gasteiger partial charge in [0, 0.05) is 23.7 Å². The van der Waals surface area contributed by atoms with Crippen molar-refractivity contribution in [1.82, 2.24) is 4.98 Å². The molecule has 1 aliphatic rings. The molecule has 3 nitrogen and oxygen atoms in total. The number of nitrogens with zero attached hydrogens (tertiary/aromatic N) is 1. The number of hydrogen-bond donors (Lipinski definition) is 2. The van der Waals surface area contributed by atoms with Crippen LogP contribution in [0.15, 0.2) is 36.5 Å². The highest BCUT2D eigenvalue weighted by Gasteiger charge is 2.35. The molecule has 1 saturated carbocycles. The molecule has 1 aromatic carbocycles. The summed E-state index contributed by atoms with van der Waals surface area (Å²) >= 11 is 0. The van der Waals surface area contributed by atoms with E-state index in [-0.39, 0.29) is 5.75 Å². The van der Waals surface area contributed by atoms with Crippen LogP contribution in [0.25, 0.3) is 11.3 Å². The molecule has 3 rings (SSSR count). The summed E-state index contributed by atoms with van der Waals surface area (Å²) < 4.78 is 0. The molecule has 0 aliphatic heterocycles. The van der Waals surface area contributed by atoms with Gasteiger partial charge < -0.3 is 10.8 Å². The van der Waals surface area contributed by atoms with Gasteiger partial charge in [-0.05, 0) is 36.6 Å². The summed E-state index contributed by atoms with van der Waals surface area (Å²) in [6.45, 7) is 2.05. The van der Waals surface area contributed by atoms with Crippen molar-refractivity contribution in [3.63, 3.8) is 0 Å². The lowest BCUT2D eigenvalue weighted by atomic mass is 10.0. The minimum atomic E-state index is 0.266. The Morgan fingerprint density at radius 1 is 1.33 bits per heavy atom. The average Bonchev–Trinajstić information content (AvgIpc) is 3.06. The topological polar surface area (TPSA) is 59.1 Å². The zero-order valence-corrected chi connectivity index (χ0v) is 10.3. The molecule has 1 fully saturated rings. The zero-order valence-electron chi connectivity index (χ0n) is 10.3. The van der Waals surface area contributed by atoms with Crippen LogP contribution >= 0.6 is 0 Å². The Balaban J connectivity index is 1.98. The number of hydrogen-bond acceptors (Lipinski definition) is 3. The monoisotopic (exact) mass is 240 g/mol. The summed E-state index contributed by atoms with van der Waals surface area (Å²) in [5.74, 6) is 0.747. The van der Waals surface area contributed by atoms with Gasteiger partial charge >= 0.3 is 0 Å². The van der Waals surface area contributed by atoms with Crippen molar-refractivity contribution < 1.29 is 5.11 Å². The van der Waals surface area contributed by atoms with Crippen molar-refractivity contribution in [1.29, 1.82) is 0 Å². The van der Waals surface area contributed by atoms with E-state index in [4.69, 9.17) is 5.73 Å². The molecule has 2 aromatic rings. The number of benzene rings is 1. The predicted octanol–water partition coefficient (Wildman–Crippen LogP) is 2.58. The summed E-state index contributed by atoms with van der Waals surface area (Å²) in [6.07, 6.45) is 2.97. The van der Waals surface area contributed by atoms with E-state index in [1.165, 1.54) is 5.56 Å². The van der Waals surface area contributed by atoms with Gasteiger partial charge in [0.05, 0.1) is 5.69 Å². The molecule has 0 bridgehead atoms. The Bertz CT molecular complexity index is 595. The second-order valence-electron chi connectivity index (χ2n) is 4.99. The maximum atomic E-state index is 9.51. The third kappa shape index (κ3) is 1.97. The number of aromatic nitrogens is 1. The number of phenols is 1. The highest BCUT2D eigenvalue weighted by Crippen LogP contribution is 2.39. The normalized spacial score (nSPS) is 21.9. The lowest BCUT2D eigenvalue weighted by molar-refractivity contribution is 0.475. The number of aromatic hydroxyl groups is 1. The van der Waals surface area contributed by atoms with Gasteiger partial charge in [-0.25, -0.2) is 0 Å². The van der Waals surface area contributed by atoms with Crippen LogP contribution in [0, 0.1) is 6.92 Å². The lowest BCUT2D eigenvalue weighted by Gasteiger charge is -2.08. The second kappa shape index (κ2) is 4.10. The number of rotatable bonds is 2. The summed E-state index contributed by atoms with van der Waals surface area (Å²) in [6, 6.07) is 9.64. The molecule has 1 heterocycles. The van der Waals surface area contributed by atoms with Gasteiger partial charge in [-0.15, -0.1) is 0 Å². The van der Waals surface area contributed by atoms with E-state index < -0.39 is 0 Å². The van der Waals surface area contributed by atoms with Gasteiger partial charge in [0.25, 0.3) is 0 Å². The smallest absolute Gasteiger partial charge is 0.116 e. The maximum absolute atomic E-state index is 9.51. The van der Waals surface area contributed by atoms with Crippen LogP contribution in [0.2, 0.25) is 0 Å². The minimum absolute atomic E-state index is 0.266. The van der Waals surface area contributed by atoms with Crippen molar-refractivity contribution in [2.45, 2.75) is 25.3 Å². The van der Waals surface area contributed by atoms with Crippen LogP contribution in [0.4, 0.5) is 0 Å². The first-order chi connectivity index (χ1) is 8.65. The quantitative estimate of drug-likeness (QED) is 0.848. The van der Waals surface area contributed by atoms with Crippen LogP contribution in [0.3, 0.4) is 0 Å². The molecule has 92 valence electrons. The van der Waals surface area contributed by atoms with Gasteiger partial charge in [-0.1, -0.05) is 18.2 Å². The van der Waals surface area contributed by atoms with Gasteiger partial charge in [-0.3, -0.25) is 4.98 Å². The Kier molecular flexibility index (Phi) is 2.56. The summed E-state index contributed by atoms with van der Waals surface area (Å²) in [5, 5.41) is 9.51. The minimum Gasteiger partial charge on any atom is -0.508 e. The van der Waals surface area contributed by atoms with E-state index in [0.29, 0.717) is 12.0 Å². The highest BCUT2D eigenvalue weighted by atomic mass is 16.3. The molecule has 1 aromatic heterocycles. The molecule has 2 atom stereocenters. The van der Waals surface area contributed by atoms with E-state index in [0.717, 1.165) is 23.2 Å². The van der Waals surface area contributed by atoms with Crippen molar-refractivity contribution in [2.75, 3.05) is 0 Å².